The Morgan fingerprint density at radius 1 is 1.38 bits per heavy atom. The first-order valence-corrected chi connectivity index (χ1v) is 7.27. The molecule has 0 radical (unpaired) electrons. The highest BCUT2D eigenvalue weighted by Gasteiger charge is 2.32. The number of carbonyl (C=O) groups excluding carboxylic acids is 2. The standard InChI is InChI=1S/C17H20N2O2/c1-4-13-11-16(20)19(12-13)15-10-8-7-9-14(15)17(21)18(5-2)6-3/h1,7-10,13H,5-6,11-12H2,2-3H3. The van der Waals surface area contributed by atoms with Gasteiger partial charge in [0, 0.05) is 32.0 Å². The highest BCUT2D eigenvalue weighted by molar-refractivity contribution is 6.05. The van der Waals surface area contributed by atoms with E-state index in [0.29, 0.717) is 37.3 Å². The number of rotatable bonds is 4. The van der Waals surface area contributed by atoms with Crippen LogP contribution in [0.15, 0.2) is 24.3 Å². The van der Waals surface area contributed by atoms with E-state index in [0.717, 1.165) is 0 Å². The second kappa shape index (κ2) is 6.45. The highest BCUT2D eigenvalue weighted by Crippen LogP contribution is 2.28. The van der Waals surface area contributed by atoms with E-state index >= 15 is 0 Å². The van der Waals surface area contributed by atoms with Gasteiger partial charge in [0.1, 0.15) is 0 Å². The molecular formula is C17H20N2O2. The summed E-state index contributed by atoms with van der Waals surface area (Å²) in [4.78, 5) is 28.1. The first-order chi connectivity index (χ1) is 10.1. The first-order valence-electron chi connectivity index (χ1n) is 7.27. The van der Waals surface area contributed by atoms with Crippen LogP contribution in [0.1, 0.15) is 30.6 Å². The van der Waals surface area contributed by atoms with Gasteiger partial charge in [0.15, 0.2) is 0 Å². The molecule has 4 heteroatoms. The second-order valence-electron chi connectivity index (χ2n) is 5.07. The predicted octanol–water partition coefficient (Wildman–Crippen LogP) is 2.15. The molecule has 2 amide bonds. The van der Waals surface area contributed by atoms with Crippen LogP contribution in [-0.2, 0) is 4.79 Å². The zero-order valence-corrected chi connectivity index (χ0v) is 12.5. The van der Waals surface area contributed by atoms with E-state index in [1.54, 1.807) is 15.9 Å². The Morgan fingerprint density at radius 2 is 2.05 bits per heavy atom. The second-order valence-corrected chi connectivity index (χ2v) is 5.07. The van der Waals surface area contributed by atoms with Crippen molar-refractivity contribution in [2.75, 3.05) is 24.5 Å². The Balaban J connectivity index is 2.36. The molecule has 0 N–H and O–H groups in total. The molecule has 1 fully saturated rings. The Morgan fingerprint density at radius 3 is 2.62 bits per heavy atom. The largest absolute Gasteiger partial charge is 0.339 e. The van der Waals surface area contributed by atoms with E-state index in [9.17, 15) is 9.59 Å². The van der Waals surface area contributed by atoms with E-state index < -0.39 is 0 Å². The molecule has 1 saturated heterocycles. The van der Waals surface area contributed by atoms with Gasteiger partial charge in [-0.2, -0.15) is 0 Å². The number of terminal acetylenes is 1. The van der Waals surface area contributed by atoms with Crippen molar-refractivity contribution in [3.05, 3.63) is 29.8 Å². The van der Waals surface area contributed by atoms with E-state index in [-0.39, 0.29) is 17.7 Å². The summed E-state index contributed by atoms with van der Waals surface area (Å²) in [6.45, 7) is 5.66. The zero-order valence-electron chi connectivity index (χ0n) is 12.5. The maximum Gasteiger partial charge on any atom is 0.255 e. The number of nitrogens with zero attached hydrogens (tertiary/aromatic N) is 2. The summed E-state index contributed by atoms with van der Waals surface area (Å²) in [7, 11) is 0. The van der Waals surface area contributed by atoms with Crippen molar-refractivity contribution in [3.63, 3.8) is 0 Å². The lowest BCUT2D eigenvalue weighted by Crippen LogP contribution is -2.33. The van der Waals surface area contributed by atoms with Crippen molar-refractivity contribution in [1.82, 2.24) is 4.90 Å². The maximum absolute atomic E-state index is 12.6. The molecule has 1 aliphatic heterocycles. The van der Waals surface area contributed by atoms with Crippen LogP contribution in [0, 0.1) is 18.3 Å². The molecule has 0 bridgehead atoms. The predicted molar refractivity (Wildman–Crippen MR) is 83.0 cm³/mol. The van der Waals surface area contributed by atoms with Gasteiger partial charge in [-0.1, -0.05) is 12.1 Å². The summed E-state index contributed by atoms with van der Waals surface area (Å²) in [6, 6.07) is 7.24. The summed E-state index contributed by atoms with van der Waals surface area (Å²) in [6.07, 6.45) is 5.77. The van der Waals surface area contributed by atoms with Crippen LogP contribution in [0.25, 0.3) is 0 Å². The molecule has 0 saturated carbocycles. The lowest BCUT2D eigenvalue weighted by molar-refractivity contribution is -0.117. The minimum Gasteiger partial charge on any atom is -0.339 e. The molecule has 1 heterocycles. The molecule has 2 rings (SSSR count). The number of carbonyl (C=O) groups is 2. The van der Waals surface area contributed by atoms with Crippen molar-refractivity contribution < 1.29 is 9.59 Å². The molecule has 1 atom stereocenters. The number of amides is 2. The molecule has 1 aliphatic rings. The molecule has 4 nitrogen and oxygen atoms in total. The van der Waals surface area contributed by atoms with Gasteiger partial charge in [-0.05, 0) is 26.0 Å². The van der Waals surface area contributed by atoms with Crippen LogP contribution in [0.5, 0.6) is 0 Å². The Kier molecular flexibility index (Phi) is 4.64. The third-order valence-corrected chi connectivity index (χ3v) is 3.84. The summed E-state index contributed by atoms with van der Waals surface area (Å²) >= 11 is 0. The zero-order chi connectivity index (χ0) is 15.4. The fourth-order valence-electron chi connectivity index (χ4n) is 2.62. The van der Waals surface area contributed by atoms with Gasteiger partial charge in [0.05, 0.1) is 11.3 Å². The van der Waals surface area contributed by atoms with Gasteiger partial charge in [0.2, 0.25) is 5.91 Å². The third kappa shape index (κ3) is 2.92. The van der Waals surface area contributed by atoms with Crippen LogP contribution in [0.2, 0.25) is 0 Å². The van der Waals surface area contributed by atoms with Crippen molar-refractivity contribution >= 4 is 17.5 Å². The van der Waals surface area contributed by atoms with Gasteiger partial charge in [0.25, 0.3) is 5.91 Å². The van der Waals surface area contributed by atoms with Crippen LogP contribution < -0.4 is 4.90 Å². The molecular weight excluding hydrogens is 264 g/mol. The summed E-state index contributed by atoms with van der Waals surface area (Å²) < 4.78 is 0. The van der Waals surface area contributed by atoms with Crippen LogP contribution in [0.4, 0.5) is 5.69 Å². The van der Waals surface area contributed by atoms with Gasteiger partial charge < -0.3 is 9.80 Å². The van der Waals surface area contributed by atoms with Crippen molar-refractivity contribution in [2.24, 2.45) is 5.92 Å². The minimum atomic E-state index is -0.0749. The number of para-hydroxylation sites is 1. The molecule has 0 aliphatic carbocycles. The summed E-state index contributed by atoms with van der Waals surface area (Å²) in [5.41, 5.74) is 1.23. The highest BCUT2D eigenvalue weighted by atomic mass is 16.2. The summed E-state index contributed by atoms with van der Waals surface area (Å²) in [5.74, 6) is 2.49. The van der Waals surface area contributed by atoms with Crippen molar-refractivity contribution in [1.29, 1.82) is 0 Å². The van der Waals surface area contributed by atoms with Crippen LogP contribution in [0.3, 0.4) is 0 Å². The van der Waals surface area contributed by atoms with Gasteiger partial charge in [-0.25, -0.2) is 0 Å². The molecule has 1 unspecified atom stereocenters. The Hall–Kier alpha value is -2.28. The molecule has 1 aromatic rings. The Bertz CT molecular complexity index is 585. The number of hydrogen-bond donors (Lipinski definition) is 0. The van der Waals surface area contributed by atoms with Crippen LogP contribution in [-0.4, -0.2) is 36.3 Å². The molecule has 0 spiro atoms. The average molecular weight is 284 g/mol. The number of benzene rings is 1. The molecule has 110 valence electrons. The van der Waals surface area contributed by atoms with E-state index in [1.807, 2.05) is 32.0 Å². The normalized spacial score (nSPS) is 17.7. The first kappa shape index (κ1) is 15.1. The van der Waals surface area contributed by atoms with E-state index in [1.165, 1.54) is 0 Å². The van der Waals surface area contributed by atoms with Gasteiger partial charge in [-0.15, -0.1) is 12.3 Å². The summed E-state index contributed by atoms with van der Waals surface area (Å²) in [5, 5.41) is 0. The molecule has 21 heavy (non-hydrogen) atoms. The molecule has 0 aromatic heterocycles. The van der Waals surface area contributed by atoms with Crippen molar-refractivity contribution in [2.45, 2.75) is 20.3 Å². The number of anilines is 1. The Labute approximate surface area is 125 Å². The monoisotopic (exact) mass is 284 g/mol. The quantitative estimate of drug-likeness (QED) is 0.795. The third-order valence-electron chi connectivity index (χ3n) is 3.84. The lowest BCUT2D eigenvalue weighted by atomic mass is 10.1. The minimum absolute atomic E-state index is 0.0160. The number of hydrogen-bond acceptors (Lipinski definition) is 2. The van der Waals surface area contributed by atoms with E-state index in [2.05, 4.69) is 5.92 Å². The van der Waals surface area contributed by atoms with Crippen LogP contribution >= 0.6 is 0 Å². The SMILES string of the molecule is C#CC1CC(=O)N(c2ccccc2C(=O)N(CC)CC)C1. The molecule has 1 aromatic carbocycles. The average Bonchev–Trinajstić information content (AvgIpc) is 2.89. The topological polar surface area (TPSA) is 40.6 Å². The fraction of sp³-hybridized carbons (Fsp3) is 0.412. The maximum atomic E-state index is 12.6. The fourth-order valence-corrected chi connectivity index (χ4v) is 2.62. The van der Waals surface area contributed by atoms with Gasteiger partial charge >= 0.3 is 0 Å². The van der Waals surface area contributed by atoms with E-state index in [4.69, 9.17) is 6.42 Å². The smallest absolute Gasteiger partial charge is 0.255 e. The van der Waals surface area contributed by atoms with Crippen molar-refractivity contribution in [3.8, 4) is 12.3 Å². The van der Waals surface area contributed by atoms with Gasteiger partial charge in [-0.3, -0.25) is 9.59 Å². The lowest BCUT2D eigenvalue weighted by Gasteiger charge is -2.24.